The molecule has 2 atom stereocenters. The van der Waals surface area contributed by atoms with Crippen LogP contribution in [-0.4, -0.2) is 18.2 Å². The summed E-state index contributed by atoms with van der Waals surface area (Å²) in [5.41, 5.74) is -1.18. The van der Waals surface area contributed by atoms with Crippen LogP contribution >= 0.6 is 0 Å². The van der Waals surface area contributed by atoms with Crippen molar-refractivity contribution < 1.29 is 22.7 Å². The van der Waals surface area contributed by atoms with Gasteiger partial charge in [0.15, 0.2) is 0 Å². The molecule has 0 saturated carbocycles. The molecule has 0 radical (unpaired) electrons. The lowest BCUT2D eigenvalue weighted by molar-refractivity contribution is -0.137. The van der Waals surface area contributed by atoms with Crippen molar-refractivity contribution in [3.63, 3.8) is 0 Å². The number of hydrogen-bond acceptors (Lipinski definition) is 3. The molecule has 1 N–H and O–H groups in total. The summed E-state index contributed by atoms with van der Waals surface area (Å²) in [6, 6.07) is 5.53. The molecule has 0 bridgehead atoms. The van der Waals surface area contributed by atoms with Crippen molar-refractivity contribution in [1.82, 2.24) is 5.32 Å². The van der Waals surface area contributed by atoms with E-state index < -0.39 is 30.0 Å². The third-order valence-corrected chi connectivity index (χ3v) is 2.69. The van der Waals surface area contributed by atoms with E-state index in [4.69, 9.17) is 16.4 Å². The number of rotatable bonds is 5. The molecule has 0 aliphatic carbocycles. The molecule has 4 nitrogen and oxygen atoms in total. The highest BCUT2D eigenvalue weighted by Crippen LogP contribution is 2.29. The van der Waals surface area contributed by atoms with Crippen LogP contribution in [0.15, 0.2) is 24.3 Å². The van der Waals surface area contributed by atoms with Gasteiger partial charge in [-0.25, -0.2) is 0 Å². The lowest BCUT2D eigenvalue weighted by atomic mass is 10.1. The van der Waals surface area contributed by atoms with Gasteiger partial charge in [0.25, 0.3) is 5.91 Å². The third-order valence-electron chi connectivity index (χ3n) is 2.69. The molecule has 7 heteroatoms. The first kappa shape index (κ1) is 17.5. The van der Waals surface area contributed by atoms with Crippen molar-refractivity contribution in [1.29, 1.82) is 5.26 Å². The van der Waals surface area contributed by atoms with Gasteiger partial charge in [-0.1, -0.05) is 18.9 Å². The molecule has 0 aliphatic rings. The zero-order valence-electron chi connectivity index (χ0n) is 11.6. The van der Waals surface area contributed by atoms with Gasteiger partial charge in [-0.05, 0) is 24.6 Å². The second-order valence-electron chi connectivity index (χ2n) is 4.26. The SMILES string of the molecule is C#CC(CC)OC(C#N)NC(=O)c1cccc(C(F)(F)F)c1. The van der Waals surface area contributed by atoms with E-state index in [0.717, 1.165) is 12.1 Å². The van der Waals surface area contributed by atoms with E-state index in [9.17, 15) is 18.0 Å². The first-order valence-electron chi connectivity index (χ1n) is 6.31. The molecule has 22 heavy (non-hydrogen) atoms. The number of halogens is 3. The van der Waals surface area contributed by atoms with Crippen molar-refractivity contribution in [3.8, 4) is 18.4 Å². The Morgan fingerprint density at radius 2 is 2.18 bits per heavy atom. The van der Waals surface area contributed by atoms with Gasteiger partial charge in [0, 0.05) is 5.56 Å². The zero-order chi connectivity index (χ0) is 16.8. The van der Waals surface area contributed by atoms with E-state index >= 15 is 0 Å². The summed E-state index contributed by atoms with van der Waals surface area (Å²) in [5.74, 6) is 1.43. The summed E-state index contributed by atoms with van der Waals surface area (Å²) in [6.45, 7) is 1.73. The van der Waals surface area contributed by atoms with E-state index in [-0.39, 0.29) is 5.56 Å². The minimum absolute atomic E-state index is 0.229. The Morgan fingerprint density at radius 1 is 1.50 bits per heavy atom. The van der Waals surface area contributed by atoms with Crippen LogP contribution in [0.4, 0.5) is 13.2 Å². The van der Waals surface area contributed by atoms with Crippen molar-refractivity contribution >= 4 is 5.91 Å². The van der Waals surface area contributed by atoms with Crippen molar-refractivity contribution in [2.45, 2.75) is 31.9 Å². The fourth-order valence-electron chi connectivity index (χ4n) is 1.55. The molecule has 116 valence electrons. The molecule has 1 rings (SSSR count). The summed E-state index contributed by atoms with van der Waals surface area (Å²) in [4.78, 5) is 11.9. The van der Waals surface area contributed by atoms with Crippen LogP contribution in [0.5, 0.6) is 0 Å². The first-order valence-corrected chi connectivity index (χ1v) is 6.31. The maximum absolute atomic E-state index is 12.6. The van der Waals surface area contributed by atoms with Gasteiger partial charge in [-0.3, -0.25) is 4.79 Å². The fraction of sp³-hybridized carbons (Fsp3) is 0.333. The highest BCUT2D eigenvalue weighted by molar-refractivity contribution is 5.94. The smallest absolute Gasteiger partial charge is 0.329 e. The van der Waals surface area contributed by atoms with Gasteiger partial charge in [-0.2, -0.15) is 18.4 Å². The summed E-state index contributed by atoms with van der Waals surface area (Å²) in [7, 11) is 0. The maximum Gasteiger partial charge on any atom is 0.416 e. The highest BCUT2D eigenvalue weighted by Gasteiger charge is 2.31. The van der Waals surface area contributed by atoms with Crippen molar-refractivity contribution in [2.24, 2.45) is 0 Å². The number of nitrogens with zero attached hydrogens (tertiary/aromatic N) is 1. The number of carbonyl (C=O) groups excluding carboxylic acids is 1. The van der Waals surface area contributed by atoms with Gasteiger partial charge in [-0.15, -0.1) is 6.42 Å². The summed E-state index contributed by atoms with van der Waals surface area (Å²) in [5, 5.41) is 11.1. The maximum atomic E-state index is 12.6. The number of benzene rings is 1. The molecule has 0 heterocycles. The third kappa shape index (κ3) is 4.80. The molecule has 0 aliphatic heterocycles. The van der Waals surface area contributed by atoms with E-state index in [1.54, 1.807) is 13.0 Å². The van der Waals surface area contributed by atoms with E-state index in [0.29, 0.717) is 12.5 Å². The molecule has 0 saturated heterocycles. The zero-order valence-corrected chi connectivity index (χ0v) is 11.6. The number of ether oxygens (including phenoxy) is 1. The monoisotopic (exact) mass is 310 g/mol. The minimum atomic E-state index is -4.56. The summed E-state index contributed by atoms with van der Waals surface area (Å²) >= 11 is 0. The van der Waals surface area contributed by atoms with Crippen LogP contribution in [0, 0.1) is 23.7 Å². The molecule has 0 aromatic heterocycles. The molecule has 1 aromatic rings. The Kier molecular flexibility index (Phi) is 5.97. The number of amides is 1. The molecule has 2 unspecified atom stereocenters. The number of alkyl halides is 3. The standard InChI is InChI=1S/C15H13F3N2O2/c1-3-12(4-2)22-13(9-19)20-14(21)10-6-5-7-11(8-10)15(16,17)18/h1,5-8,12-13H,4H2,2H3,(H,20,21). The Hall–Kier alpha value is -2.51. The average Bonchev–Trinajstić information content (AvgIpc) is 2.50. The molecule has 1 amide bonds. The second kappa shape index (κ2) is 7.48. The highest BCUT2D eigenvalue weighted by atomic mass is 19.4. The number of terminal acetylenes is 1. The number of nitriles is 1. The molecular weight excluding hydrogens is 297 g/mol. The van der Waals surface area contributed by atoms with Crippen molar-refractivity contribution in [3.05, 3.63) is 35.4 Å². The normalized spacial score (nSPS) is 13.5. The molecule has 0 fully saturated rings. The summed E-state index contributed by atoms with van der Waals surface area (Å²) < 4.78 is 42.9. The summed E-state index contributed by atoms with van der Waals surface area (Å²) in [6.07, 6.45) is -0.978. The van der Waals surface area contributed by atoms with Gasteiger partial charge < -0.3 is 10.1 Å². The number of hydrogen-bond donors (Lipinski definition) is 1. The van der Waals surface area contributed by atoms with E-state index in [1.165, 1.54) is 6.07 Å². The van der Waals surface area contributed by atoms with Gasteiger partial charge >= 0.3 is 6.18 Å². The predicted octanol–water partition coefficient (Wildman–Crippen LogP) is 2.71. The Bertz CT molecular complexity index is 614. The van der Waals surface area contributed by atoms with Gasteiger partial charge in [0.05, 0.1) is 5.56 Å². The predicted molar refractivity (Wildman–Crippen MR) is 72.3 cm³/mol. The molecule has 1 aromatic carbocycles. The van der Waals surface area contributed by atoms with Crippen LogP contribution in [0.3, 0.4) is 0 Å². The quantitative estimate of drug-likeness (QED) is 0.672. The van der Waals surface area contributed by atoms with Crippen LogP contribution in [0.25, 0.3) is 0 Å². The molecular formula is C15H13F3N2O2. The largest absolute Gasteiger partial charge is 0.416 e. The minimum Gasteiger partial charge on any atom is -0.329 e. The second-order valence-corrected chi connectivity index (χ2v) is 4.26. The van der Waals surface area contributed by atoms with Crippen LogP contribution in [0.2, 0.25) is 0 Å². The van der Waals surface area contributed by atoms with E-state index in [1.807, 2.05) is 0 Å². The number of nitrogens with one attached hydrogen (secondary N) is 1. The first-order chi connectivity index (χ1) is 10.3. The average molecular weight is 310 g/mol. The van der Waals surface area contributed by atoms with Crippen molar-refractivity contribution in [2.75, 3.05) is 0 Å². The van der Waals surface area contributed by atoms with Gasteiger partial charge in [0.1, 0.15) is 12.2 Å². The Morgan fingerprint density at radius 3 is 2.68 bits per heavy atom. The van der Waals surface area contributed by atoms with Crippen LogP contribution in [-0.2, 0) is 10.9 Å². The van der Waals surface area contributed by atoms with Crippen LogP contribution in [0.1, 0.15) is 29.3 Å². The molecule has 0 spiro atoms. The van der Waals surface area contributed by atoms with Crippen LogP contribution < -0.4 is 5.32 Å². The van der Waals surface area contributed by atoms with E-state index in [2.05, 4.69) is 11.2 Å². The van der Waals surface area contributed by atoms with Gasteiger partial charge in [0.2, 0.25) is 6.23 Å². The lowest BCUT2D eigenvalue weighted by Crippen LogP contribution is -2.38. The number of carbonyl (C=O) groups is 1. The topological polar surface area (TPSA) is 62.1 Å². The fourth-order valence-corrected chi connectivity index (χ4v) is 1.55. The Labute approximate surface area is 125 Å². The lowest BCUT2D eigenvalue weighted by Gasteiger charge is -2.16. The Balaban J connectivity index is 2.84.